The summed E-state index contributed by atoms with van der Waals surface area (Å²) in [5.41, 5.74) is 1.10. The van der Waals surface area contributed by atoms with Gasteiger partial charge in [0.15, 0.2) is 18.3 Å². The molecule has 0 radical (unpaired) electrons. The summed E-state index contributed by atoms with van der Waals surface area (Å²) in [4.78, 5) is 13.3. The lowest BCUT2D eigenvalue weighted by Gasteiger charge is -2.18. The maximum atomic E-state index is 13.3. The number of anilines is 2. The number of hydrogen-bond donors (Lipinski definition) is 2. The van der Waals surface area contributed by atoms with Gasteiger partial charge in [-0.1, -0.05) is 30.3 Å². The van der Waals surface area contributed by atoms with Crippen molar-refractivity contribution >= 4 is 45.3 Å². The summed E-state index contributed by atoms with van der Waals surface area (Å²) < 4.78 is 104. The lowest BCUT2D eigenvalue weighted by atomic mass is 10.1. The van der Waals surface area contributed by atoms with Gasteiger partial charge in [0.1, 0.15) is 16.5 Å². The number of alkyl halides is 7. The van der Waals surface area contributed by atoms with Crippen LogP contribution in [0.2, 0.25) is 0 Å². The third-order valence-electron chi connectivity index (χ3n) is 5.02. The predicted octanol–water partition coefficient (Wildman–Crippen LogP) is 7.54. The Hall–Kier alpha value is -3.59. The minimum atomic E-state index is -4.72. The van der Waals surface area contributed by atoms with Gasteiger partial charge in [-0.3, -0.25) is 0 Å². The van der Waals surface area contributed by atoms with Crippen molar-refractivity contribution in [2.75, 3.05) is 30.5 Å². The summed E-state index contributed by atoms with van der Waals surface area (Å²) in [6, 6.07) is 14.0. The number of halogens is 7. The third kappa shape index (κ3) is 10.1. The summed E-state index contributed by atoms with van der Waals surface area (Å²) >= 11 is 6.50. The van der Waals surface area contributed by atoms with Crippen molar-refractivity contribution < 1.29 is 49.7 Å². The summed E-state index contributed by atoms with van der Waals surface area (Å²) in [5.74, 6) is -6.07. The molecule has 1 heterocycles. The number of benzene rings is 2. The zero-order valence-corrected chi connectivity index (χ0v) is 22.8. The Labute approximate surface area is 239 Å². The first-order valence-corrected chi connectivity index (χ1v) is 13.0. The first-order chi connectivity index (χ1) is 19.3. The summed E-state index contributed by atoms with van der Waals surface area (Å²) in [6.07, 6.45) is -8.24. The van der Waals surface area contributed by atoms with Crippen LogP contribution in [0.1, 0.15) is 27.7 Å². The van der Waals surface area contributed by atoms with Crippen molar-refractivity contribution in [3.8, 4) is 11.5 Å². The van der Waals surface area contributed by atoms with Crippen molar-refractivity contribution in [2.24, 2.45) is 0 Å². The Kier molecular flexibility index (Phi) is 10.8. The van der Waals surface area contributed by atoms with Crippen LogP contribution in [0.5, 0.6) is 11.5 Å². The van der Waals surface area contributed by atoms with Gasteiger partial charge in [-0.2, -0.15) is 22.0 Å². The highest BCUT2D eigenvalue weighted by Gasteiger charge is 2.41. The van der Waals surface area contributed by atoms with Gasteiger partial charge in [-0.15, -0.1) is 11.3 Å². The zero-order chi connectivity index (χ0) is 30.2. The van der Waals surface area contributed by atoms with E-state index < -0.39 is 49.2 Å². The van der Waals surface area contributed by atoms with E-state index in [0.29, 0.717) is 11.4 Å². The summed E-state index contributed by atoms with van der Waals surface area (Å²) in [7, 11) is 0. The van der Waals surface area contributed by atoms with E-state index >= 15 is 0 Å². The fourth-order valence-corrected chi connectivity index (χ4v) is 4.63. The van der Waals surface area contributed by atoms with Crippen LogP contribution in [0.25, 0.3) is 0 Å². The molecule has 0 amide bonds. The van der Waals surface area contributed by atoms with Crippen molar-refractivity contribution in [3.63, 3.8) is 0 Å². The van der Waals surface area contributed by atoms with E-state index in [1.807, 2.05) is 30.3 Å². The highest BCUT2D eigenvalue weighted by Crippen LogP contribution is 2.33. The number of hydrogen-bond acceptors (Lipinski definition) is 6. The second-order valence-electron chi connectivity index (χ2n) is 8.36. The normalized spacial score (nSPS) is 11.7. The van der Waals surface area contributed by atoms with Gasteiger partial charge in [0.25, 0.3) is 0 Å². The molecule has 0 fully saturated rings. The van der Waals surface area contributed by atoms with Crippen LogP contribution in [0.15, 0.2) is 54.6 Å². The molecular formula is C26H23F7N2O4S2. The molecule has 0 saturated carbocycles. The fourth-order valence-electron chi connectivity index (χ4n) is 3.26. The number of ether oxygens (including phenoxy) is 3. The van der Waals surface area contributed by atoms with Crippen molar-refractivity contribution in [3.05, 3.63) is 70.6 Å². The topological polar surface area (TPSA) is 68.8 Å². The molecule has 0 unspecified atom stereocenters. The van der Waals surface area contributed by atoms with Crippen molar-refractivity contribution in [1.82, 2.24) is 0 Å². The van der Waals surface area contributed by atoms with Crippen LogP contribution in [-0.4, -0.2) is 49.4 Å². The molecule has 6 nitrogen and oxygen atoms in total. The lowest BCUT2D eigenvalue weighted by molar-refractivity contribution is -0.153. The molecule has 0 aliphatic rings. The summed E-state index contributed by atoms with van der Waals surface area (Å²) in [6.45, 7) is -1.70. The Morgan fingerprint density at radius 1 is 0.951 bits per heavy atom. The molecule has 0 bridgehead atoms. The van der Waals surface area contributed by atoms with E-state index in [-0.39, 0.29) is 23.0 Å². The van der Waals surface area contributed by atoms with Crippen LogP contribution < -0.4 is 20.1 Å². The molecule has 0 aliphatic heterocycles. The van der Waals surface area contributed by atoms with Crippen LogP contribution in [0, 0.1) is 0 Å². The Bertz CT molecular complexity index is 1340. The van der Waals surface area contributed by atoms with Crippen LogP contribution >= 0.6 is 23.6 Å². The van der Waals surface area contributed by atoms with Gasteiger partial charge >= 0.3 is 24.5 Å². The predicted molar refractivity (Wildman–Crippen MR) is 144 cm³/mol. The highest BCUT2D eigenvalue weighted by molar-refractivity contribution is 7.80. The standard InChI is InChI=1S/C26H23F7N2O4S2/c1-2-37-22(36)20-12-19(8-15-6-4-3-5-7-15)41-21(20)35-24(40)34-16-9-17(38-13-25(29,30)23(27)28)11-18(10-16)39-14-26(31,32)33/h3-7,9-12,23H,2,8,13-14H2,1H3,(H2,34,35,40). The molecule has 1 aromatic heterocycles. The number of nitrogens with one attached hydrogen (secondary N) is 2. The monoisotopic (exact) mass is 624 g/mol. The molecule has 0 spiro atoms. The number of rotatable bonds is 12. The first-order valence-electron chi connectivity index (χ1n) is 11.8. The molecule has 3 aromatic rings. The van der Waals surface area contributed by atoms with Gasteiger partial charge in [0.05, 0.1) is 12.2 Å². The second kappa shape index (κ2) is 13.9. The van der Waals surface area contributed by atoms with E-state index in [1.54, 1.807) is 13.0 Å². The SMILES string of the molecule is CCOC(=O)c1cc(Cc2ccccc2)sc1NC(=S)Nc1cc(OCC(F)(F)F)cc(OCC(F)(F)C(F)F)c1. The maximum Gasteiger partial charge on any atom is 0.422 e. The van der Waals surface area contributed by atoms with Gasteiger partial charge in [0.2, 0.25) is 0 Å². The van der Waals surface area contributed by atoms with E-state index in [4.69, 9.17) is 21.7 Å². The molecular weight excluding hydrogens is 601 g/mol. The average Bonchev–Trinajstić information content (AvgIpc) is 3.28. The number of carbonyl (C=O) groups is 1. The second-order valence-corrected chi connectivity index (χ2v) is 9.91. The van der Waals surface area contributed by atoms with E-state index in [1.165, 1.54) is 11.3 Å². The van der Waals surface area contributed by atoms with Gasteiger partial charge in [0, 0.05) is 35.2 Å². The number of esters is 1. The van der Waals surface area contributed by atoms with Crippen molar-refractivity contribution in [1.29, 1.82) is 0 Å². The molecule has 41 heavy (non-hydrogen) atoms. The molecule has 0 saturated heterocycles. The molecule has 2 aromatic carbocycles. The molecule has 0 atom stereocenters. The minimum Gasteiger partial charge on any atom is -0.487 e. The smallest absolute Gasteiger partial charge is 0.422 e. The molecule has 2 N–H and O–H groups in total. The Morgan fingerprint density at radius 3 is 2.17 bits per heavy atom. The maximum absolute atomic E-state index is 13.3. The lowest BCUT2D eigenvalue weighted by Crippen LogP contribution is -2.33. The Morgan fingerprint density at radius 2 is 1.59 bits per heavy atom. The van der Waals surface area contributed by atoms with Crippen molar-refractivity contribution in [2.45, 2.75) is 31.9 Å². The highest BCUT2D eigenvalue weighted by atomic mass is 32.1. The van der Waals surface area contributed by atoms with Crippen LogP contribution in [-0.2, 0) is 11.2 Å². The van der Waals surface area contributed by atoms with Gasteiger partial charge in [-0.25, -0.2) is 13.6 Å². The Balaban J connectivity index is 1.82. The third-order valence-corrected chi connectivity index (χ3v) is 6.27. The molecule has 222 valence electrons. The van der Waals surface area contributed by atoms with E-state index in [2.05, 4.69) is 15.4 Å². The average molecular weight is 625 g/mol. The number of carbonyl (C=O) groups excluding carboxylic acids is 1. The van der Waals surface area contributed by atoms with Crippen LogP contribution in [0.3, 0.4) is 0 Å². The van der Waals surface area contributed by atoms with E-state index in [9.17, 15) is 35.5 Å². The van der Waals surface area contributed by atoms with Crippen LogP contribution in [0.4, 0.5) is 41.4 Å². The quantitative estimate of drug-likeness (QED) is 0.123. The zero-order valence-electron chi connectivity index (χ0n) is 21.2. The van der Waals surface area contributed by atoms with Gasteiger partial charge in [-0.05, 0) is 30.8 Å². The minimum absolute atomic E-state index is 0.0729. The molecule has 0 aliphatic carbocycles. The van der Waals surface area contributed by atoms with E-state index in [0.717, 1.165) is 28.6 Å². The fraction of sp³-hybridized carbons (Fsp3) is 0.308. The van der Waals surface area contributed by atoms with Gasteiger partial charge < -0.3 is 24.8 Å². The number of thiophene rings is 1. The number of thiocarbonyl (C=S) groups is 1. The molecule has 15 heteroatoms. The first kappa shape index (κ1) is 31.9. The summed E-state index contributed by atoms with van der Waals surface area (Å²) in [5, 5.41) is 5.64. The largest absolute Gasteiger partial charge is 0.487 e. The molecule has 3 rings (SSSR count).